The predicted octanol–water partition coefficient (Wildman–Crippen LogP) is 1.73. The van der Waals surface area contributed by atoms with E-state index in [4.69, 9.17) is 11.0 Å². The van der Waals surface area contributed by atoms with Crippen LogP contribution in [0.2, 0.25) is 0 Å². The van der Waals surface area contributed by atoms with Gasteiger partial charge in [-0.25, -0.2) is 0 Å². The Balaban J connectivity index is 1.99. The summed E-state index contributed by atoms with van der Waals surface area (Å²) in [6, 6.07) is 10.3. The van der Waals surface area contributed by atoms with Gasteiger partial charge in [-0.05, 0) is 36.6 Å². The summed E-state index contributed by atoms with van der Waals surface area (Å²) >= 11 is 0. The zero-order chi connectivity index (χ0) is 12.3. The first-order valence-corrected chi connectivity index (χ1v) is 6.16. The highest BCUT2D eigenvalue weighted by Crippen LogP contribution is 2.17. The first-order valence-electron chi connectivity index (χ1n) is 6.16. The van der Waals surface area contributed by atoms with Crippen molar-refractivity contribution in [3.8, 4) is 6.07 Å². The van der Waals surface area contributed by atoms with Crippen molar-refractivity contribution in [2.75, 3.05) is 13.1 Å². The maximum Gasteiger partial charge on any atom is 0.0991 e. The van der Waals surface area contributed by atoms with E-state index in [9.17, 15) is 0 Å². The molecule has 1 aliphatic heterocycles. The number of likely N-dealkylation sites (tertiary alicyclic amines) is 1. The van der Waals surface area contributed by atoms with Gasteiger partial charge in [-0.1, -0.05) is 19.1 Å². The number of hydrogen-bond donors (Lipinski definition) is 1. The van der Waals surface area contributed by atoms with Gasteiger partial charge in [0.25, 0.3) is 0 Å². The van der Waals surface area contributed by atoms with Crippen molar-refractivity contribution in [3.05, 3.63) is 35.4 Å². The van der Waals surface area contributed by atoms with Crippen LogP contribution in [0.5, 0.6) is 0 Å². The van der Waals surface area contributed by atoms with Gasteiger partial charge in [-0.15, -0.1) is 0 Å². The van der Waals surface area contributed by atoms with E-state index in [0.717, 1.165) is 25.2 Å². The van der Waals surface area contributed by atoms with Crippen LogP contribution in [-0.2, 0) is 6.54 Å². The Labute approximate surface area is 103 Å². The van der Waals surface area contributed by atoms with E-state index in [1.165, 1.54) is 12.0 Å². The van der Waals surface area contributed by atoms with Gasteiger partial charge in [0, 0.05) is 19.1 Å². The molecule has 17 heavy (non-hydrogen) atoms. The molecule has 1 heterocycles. The molecule has 1 saturated heterocycles. The van der Waals surface area contributed by atoms with Crippen molar-refractivity contribution in [2.45, 2.75) is 25.9 Å². The quantitative estimate of drug-likeness (QED) is 0.840. The second-order valence-corrected chi connectivity index (χ2v) is 4.98. The number of piperidine rings is 1. The number of rotatable bonds is 2. The molecule has 0 bridgehead atoms. The van der Waals surface area contributed by atoms with Gasteiger partial charge in [0.2, 0.25) is 0 Å². The molecule has 2 rings (SSSR count). The first kappa shape index (κ1) is 12.1. The van der Waals surface area contributed by atoms with Crippen molar-refractivity contribution in [1.82, 2.24) is 4.90 Å². The standard InChI is InChI=1S/C14H19N3/c1-11-5-6-17(10-14(11)16)9-13-4-2-3-12(7-13)8-15/h2-4,7,11,14H,5-6,9-10,16H2,1H3. The van der Waals surface area contributed by atoms with E-state index in [1.54, 1.807) is 0 Å². The van der Waals surface area contributed by atoms with Crippen molar-refractivity contribution < 1.29 is 0 Å². The monoisotopic (exact) mass is 229 g/mol. The minimum Gasteiger partial charge on any atom is -0.326 e. The molecule has 1 fully saturated rings. The van der Waals surface area contributed by atoms with E-state index >= 15 is 0 Å². The third-order valence-electron chi connectivity index (χ3n) is 3.56. The van der Waals surface area contributed by atoms with Gasteiger partial charge in [0.15, 0.2) is 0 Å². The Bertz CT molecular complexity index is 422. The largest absolute Gasteiger partial charge is 0.326 e. The molecule has 90 valence electrons. The number of benzene rings is 1. The van der Waals surface area contributed by atoms with Gasteiger partial charge >= 0.3 is 0 Å². The van der Waals surface area contributed by atoms with Gasteiger partial charge in [0.05, 0.1) is 11.6 Å². The summed E-state index contributed by atoms with van der Waals surface area (Å²) in [7, 11) is 0. The molecule has 0 radical (unpaired) electrons. The maximum atomic E-state index is 8.86. The molecule has 1 aromatic rings. The second kappa shape index (κ2) is 5.31. The molecule has 0 amide bonds. The number of nitriles is 1. The molecule has 3 heteroatoms. The zero-order valence-corrected chi connectivity index (χ0v) is 10.3. The summed E-state index contributed by atoms with van der Waals surface area (Å²) in [4.78, 5) is 2.38. The molecule has 3 nitrogen and oxygen atoms in total. The predicted molar refractivity (Wildman–Crippen MR) is 68.2 cm³/mol. The van der Waals surface area contributed by atoms with Crippen LogP contribution < -0.4 is 5.73 Å². The Morgan fingerprint density at radius 3 is 3.06 bits per heavy atom. The first-order chi connectivity index (χ1) is 8.19. The summed E-state index contributed by atoms with van der Waals surface area (Å²) in [6.07, 6.45) is 1.17. The smallest absolute Gasteiger partial charge is 0.0991 e. The topological polar surface area (TPSA) is 53.0 Å². The molecule has 0 aromatic heterocycles. The van der Waals surface area contributed by atoms with Crippen LogP contribution in [0.3, 0.4) is 0 Å². The number of nitrogens with two attached hydrogens (primary N) is 1. The summed E-state index contributed by atoms with van der Waals surface area (Å²) in [6.45, 7) is 5.18. The second-order valence-electron chi connectivity index (χ2n) is 4.98. The molecular weight excluding hydrogens is 210 g/mol. The highest BCUT2D eigenvalue weighted by molar-refractivity contribution is 5.32. The Kier molecular flexibility index (Phi) is 3.78. The van der Waals surface area contributed by atoms with E-state index in [-0.39, 0.29) is 6.04 Å². The van der Waals surface area contributed by atoms with Crippen molar-refractivity contribution >= 4 is 0 Å². The Hall–Kier alpha value is -1.37. The SMILES string of the molecule is CC1CCN(Cc2cccc(C#N)c2)CC1N. The fourth-order valence-electron chi connectivity index (χ4n) is 2.31. The average molecular weight is 229 g/mol. The third-order valence-corrected chi connectivity index (χ3v) is 3.56. The van der Waals surface area contributed by atoms with Crippen LogP contribution in [0.4, 0.5) is 0 Å². The maximum absolute atomic E-state index is 8.86. The fraction of sp³-hybridized carbons (Fsp3) is 0.500. The Morgan fingerprint density at radius 2 is 2.35 bits per heavy atom. The van der Waals surface area contributed by atoms with Crippen LogP contribution in [-0.4, -0.2) is 24.0 Å². The van der Waals surface area contributed by atoms with Crippen molar-refractivity contribution in [2.24, 2.45) is 11.7 Å². The summed E-state index contributed by atoms with van der Waals surface area (Å²) in [5.41, 5.74) is 8.02. The number of hydrogen-bond acceptors (Lipinski definition) is 3. The Morgan fingerprint density at radius 1 is 1.53 bits per heavy atom. The van der Waals surface area contributed by atoms with Gasteiger partial charge < -0.3 is 5.73 Å². The van der Waals surface area contributed by atoms with Crippen molar-refractivity contribution in [3.63, 3.8) is 0 Å². The molecule has 0 aliphatic carbocycles. The summed E-state index contributed by atoms with van der Waals surface area (Å²) < 4.78 is 0. The minimum atomic E-state index is 0.280. The number of nitrogens with zero attached hydrogens (tertiary/aromatic N) is 2. The molecule has 2 unspecified atom stereocenters. The van der Waals surface area contributed by atoms with Crippen LogP contribution in [0.15, 0.2) is 24.3 Å². The lowest BCUT2D eigenvalue weighted by molar-refractivity contribution is 0.162. The third kappa shape index (κ3) is 3.06. The molecule has 1 aliphatic rings. The molecule has 2 atom stereocenters. The van der Waals surface area contributed by atoms with Crippen LogP contribution in [0.25, 0.3) is 0 Å². The average Bonchev–Trinajstić information content (AvgIpc) is 2.34. The van der Waals surface area contributed by atoms with Gasteiger partial charge in [0.1, 0.15) is 0 Å². The highest BCUT2D eigenvalue weighted by Gasteiger charge is 2.22. The molecule has 1 aromatic carbocycles. The van der Waals surface area contributed by atoms with E-state index in [2.05, 4.69) is 24.0 Å². The summed E-state index contributed by atoms with van der Waals surface area (Å²) in [5.74, 6) is 0.622. The van der Waals surface area contributed by atoms with Crippen LogP contribution in [0, 0.1) is 17.2 Å². The van der Waals surface area contributed by atoms with E-state index in [0.29, 0.717) is 5.92 Å². The normalized spacial score (nSPS) is 25.5. The molecular formula is C14H19N3. The van der Waals surface area contributed by atoms with Gasteiger partial charge in [-0.3, -0.25) is 4.90 Å². The lowest BCUT2D eigenvalue weighted by Crippen LogP contribution is -2.47. The van der Waals surface area contributed by atoms with Crippen molar-refractivity contribution in [1.29, 1.82) is 5.26 Å². The van der Waals surface area contributed by atoms with Crippen LogP contribution in [0.1, 0.15) is 24.5 Å². The lowest BCUT2D eigenvalue weighted by atomic mass is 9.94. The fourth-order valence-corrected chi connectivity index (χ4v) is 2.31. The molecule has 0 spiro atoms. The molecule has 2 N–H and O–H groups in total. The lowest BCUT2D eigenvalue weighted by Gasteiger charge is -2.35. The minimum absolute atomic E-state index is 0.280. The van der Waals surface area contributed by atoms with Crippen LogP contribution >= 0.6 is 0 Å². The van der Waals surface area contributed by atoms with E-state index < -0.39 is 0 Å². The van der Waals surface area contributed by atoms with E-state index in [1.807, 2.05) is 18.2 Å². The zero-order valence-electron chi connectivity index (χ0n) is 10.3. The highest BCUT2D eigenvalue weighted by atomic mass is 15.1. The molecule has 0 saturated carbocycles. The van der Waals surface area contributed by atoms with Gasteiger partial charge in [-0.2, -0.15) is 5.26 Å². The summed E-state index contributed by atoms with van der Waals surface area (Å²) in [5, 5.41) is 8.86.